The third-order valence-corrected chi connectivity index (χ3v) is 4.01. The summed E-state index contributed by atoms with van der Waals surface area (Å²) in [7, 11) is 0. The van der Waals surface area contributed by atoms with Gasteiger partial charge in [0, 0.05) is 10.2 Å². The van der Waals surface area contributed by atoms with Crippen molar-refractivity contribution in [3.05, 3.63) is 62.5 Å². The molecular weight excluding hydrogens is 347 g/mol. The van der Waals surface area contributed by atoms with Crippen LogP contribution in [-0.2, 0) is 0 Å². The number of anilines is 1. The first-order valence-corrected chi connectivity index (χ1v) is 7.02. The van der Waals surface area contributed by atoms with Crippen LogP contribution in [0.2, 0.25) is 10.0 Å². The Morgan fingerprint density at radius 3 is 2.47 bits per heavy atom. The third kappa shape index (κ3) is 3.42. The van der Waals surface area contributed by atoms with Gasteiger partial charge >= 0.3 is 0 Å². The highest BCUT2D eigenvalue weighted by atomic mass is 79.9. The molecule has 0 saturated heterocycles. The van der Waals surface area contributed by atoms with Crippen molar-refractivity contribution in [2.24, 2.45) is 0 Å². The summed E-state index contributed by atoms with van der Waals surface area (Å²) in [5, 5.41) is 13.4. The number of nitriles is 1. The van der Waals surface area contributed by atoms with Crippen molar-refractivity contribution in [2.45, 2.75) is 6.04 Å². The lowest BCUT2D eigenvalue weighted by atomic mass is 10.1. The van der Waals surface area contributed by atoms with Crippen molar-refractivity contribution in [1.82, 2.24) is 0 Å². The Morgan fingerprint density at radius 1 is 1.11 bits per heavy atom. The molecule has 2 nitrogen and oxygen atoms in total. The van der Waals surface area contributed by atoms with E-state index in [4.69, 9.17) is 23.2 Å². The van der Waals surface area contributed by atoms with Crippen LogP contribution in [0.25, 0.3) is 0 Å². The number of benzene rings is 2. The Labute approximate surface area is 130 Å². The maximum Gasteiger partial charge on any atom is 0.140 e. The van der Waals surface area contributed by atoms with Gasteiger partial charge in [-0.1, -0.05) is 41.4 Å². The Hall–Kier alpha value is -1.21. The molecule has 1 unspecified atom stereocenters. The highest BCUT2D eigenvalue weighted by Gasteiger charge is 2.13. The highest BCUT2D eigenvalue weighted by Crippen LogP contribution is 2.29. The molecule has 0 spiro atoms. The molecule has 0 aliphatic rings. The molecule has 0 radical (unpaired) electrons. The summed E-state index contributed by atoms with van der Waals surface area (Å²) in [6.07, 6.45) is 0. The van der Waals surface area contributed by atoms with Gasteiger partial charge in [0.2, 0.25) is 0 Å². The molecule has 96 valence electrons. The molecule has 0 fully saturated rings. The molecule has 0 amide bonds. The summed E-state index contributed by atoms with van der Waals surface area (Å²) in [6, 6.07) is 14.5. The molecule has 0 aromatic heterocycles. The molecule has 0 aliphatic heterocycles. The average molecular weight is 356 g/mol. The summed E-state index contributed by atoms with van der Waals surface area (Å²) >= 11 is 15.3. The van der Waals surface area contributed by atoms with E-state index in [-0.39, 0.29) is 0 Å². The molecule has 0 aliphatic carbocycles. The maximum atomic E-state index is 9.29. The van der Waals surface area contributed by atoms with Gasteiger partial charge in [0.25, 0.3) is 0 Å². The van der Waals surface area contributed by atoms with Crippen molar-refractivity contribution in [3.63, 3.8) is 0 Å². The molecule has 1 N–H and O–H groups in total. The van der Waals surface area contributed by atoms with E-state index in [1.54, 1.807) is 18.2 Å². The number of nitrogens with zero attached hydrogens (tertiary/aromatic N) is 1. The minimum atomic E-state index is -0.492. The van der Waals surface area contributed by atoms with E-state index >= 15 is 0 Å². The standard InChI is InChI=1S/C14H9BrCl2N2/c15-10-3-1-2-4-13(10)19-14(8-18)9-5-6-11(16)12(17)7-9/h1-7,14,19H. The van der Waals surface area contributed by atoms with Crippen molar-refractivity contribution in [1.29, 1.82) is 5.26 Å². The van der Waals surface area contributed by atoms with E-state index in [9.17, 15) is 5.26 Å². The van der Waals surface area contributed by atoms with Crippen LogP contribution in [0, 0.1) is 11.3 Å². The summed E-state index contributed by atoms with van der Waals surface area (Å²) in [5.41, 5.74) is 1.62. The Kier molecular flexibility index (Phi) is 4.71. The van der Waals surface area contributed by atoms with Gasteiger partial charge in [-0.3, -0.25) is 0 Å². The van der Waals surface area contributed by atoms with Gasteiger partial charge < -0.3 is 5.32 Å². The molecule has 2 rings (SSSR count). The first-order valence-electron chi connectivity index (χ1n) is 5.47. The van der Waals surface area contributed by atoms with Gasteiger partial charge in [-0.2, -0.15) is 5.26 Å². The van der Waals surface area contributed by atoms with Gasteiger partial charge in [-0.15, -0.1) is 0 Å². The van der Waals surface area contributed by atoms with Gasteiger partial charge in [0.05, 0.1) is 16.1 Å². The zero-order valence-electron chi connectivity index (χ0n) is 9.70. The molecule has 2 aromatic rings. The second kappa shape index (κ2) is 6.29. The fourth-order valence-corrected chi connectivity index (χ4v) is 2.32. The minimum Gasteiger partial charge on any atom is -0.365 e. The maximum absolute atomic E-state index is 9.29. The van der Waals surface area contributed by atoms with Gasteiger partial charge in [-0.25, -0.2) is 0 Å². The molecule has 1 atom stereocenters. The summed E-state index contributed by atoms with van der Waals surface area (Å²) in [4.78, 5) is 0. The zero-order valence-corrected chi connectivity index (χ0v) is 12.8. The summed E-state index contributed by atoms with van der Waals surface area (Å²) < 4.78 is 0.898. The van der Waals surface area contributed by atoms with Crippen LogP contribution in [0.5, 0.6) is 0 Å². The second-order valence-electron chi connectivity index (χ2n) is 3.86. The predicted molar refractivity (Wildman–Crippen MR) is 82.6 cm³/mol. The van der Waals surface area contributed by atoms with Crippen molar-refractivity contribution in [3.8, 4) is 6.07 Å². The Morgan fingerprint density at radius 2 is 1.84 bits per heavy atom. The summed E-state index contributed by atoms with van der Waals surface area (Å²) in [5.74, 6) is 0. The lowest BCUT2D eigenvalue weighted by molar-refractivity contribution is 0.996. The minimum absolute atomic E-state index is 0.438. The van der Waals surface area contributed by atoms with Crippen LogP contribution < -0.4 is 5.32 Å². The fourth-order valence-electron chi connectivity index (χ4n) is 1.62. The molecule has 19 heavy (non-hydrogen) atoms. The van der Waals surface area contributed by atoms with Gasteiger partial charge in [0.15, 0.2) is 0 Å². The quantitative estimate of drug-likeness (QED) is 0.796. The van der Waals surface area contributed by atoms with Crippen LogP contribution in [0.15, 0.2) is 46.9 Å². The summed E-state index contributed by atoms with van der Waals surface area (Å²) in [6.45, 7) is 0. The first kappa shape index (κ1) is 14.2. The molecule has 0 heterocycles. The van der Waals surface area contributed by atoms with E-state index in [0.29, 0.717) is 10.0 Å². The van der Waals surface area contributed by atoms with Crippen LogP contribution in [-0.4, -0.2) is 0 Å². The number of hydrogen-bond donors (Lipinski definition) is 1. The molecular formula is C14H9BrCl2N2. The van der Waals surface area contributed by atoms with E-state index in [1.165, 1.54) is 0 Å². The SMILES string of the molecule is N#CC(Nc1ccccc1Br)c1ccc(Cl)c(Cl)c1. The fraction of sp³-hybridized carbons (Fsp3) is 0.0714. The topological polar surface area (TPSA) is 35.8 Å². The molecule has 5 heteroatoms. The largest absolute Gasteiger partial charge is 0.365 e. The van der Waals surface area contributed by atoms with Crippen LogP contribution in [0.1, 0.15) is 11.6 Å². The highest BCUT2D eigenvalue weighted by molar-refractivity contribution is 9.10. The zero-order chi connectivity index (χ0) is 13.8. The number of hydrogen-bond acceptors (Lipinski definition) is 2. The smallest absolute Gasteiger partial charge is 0.140 e. The Bertz CT molecular complexity index is 638. The average Bonchev–Trinajstić information content (AvgIpc) is 2.41. The third-order valence-electron chi connectivity index (χ3n) is 2.58. The van der Waals surface area contributed by atoms with Crippen LogP contribution >= 0.6 is 39.1 Å². The van der Waals surface area contributed by atoms with Crippen molar-refractivity contribution < 1.29 is 0 Å². The lowest BCUT2D eigenvalue weighted by Gasteiger charge is -2.15. The number of nitrogens with one attached hydrogen (secondary N) is 1. The number of halogens is 3. The predicted octanol–water partition coefficient (Wildman–Crippen LogP) is 5.43. The molecule has 2 aromatic carbocycles. The molecule has 0 bridgehead atoms. The van der Waals surface area contributed by atoms with Crippen molar-refractivity contribution >= 4 is 44.8 Å². The van der Waals surface area contributed by atoms with Crippen LogP contribution in [0.4, 0.5) is 5.69 Å². The number of para-hydroxylation sites is 1. The van der Waals surface area contributed by atoms with Gasteiger partial charge in [-0.05, 0) is 45.8 Å². The molecule has 0 saturated carbocycles. The first-order chi connectivity index (χ1) is 9.11. The Balaban J connectivity index is 2.28. The van der Waals surface area contributed by atoms with E-state index in [2.05, 4.69) is 27.3 Å². The normalized spacial score (nSPS) is 11.7. The van der Waals surface area contributed by atoms with E-state index < -0.39 is 6.04 Å². The monoisotopic (exact) mass is 354 g/mol. The van der Waals surface area contributed by atoms with Crippen molar-refractivity contribution in [2.75, 3.05) is 5.32 Å². The lowest BCUT2D eigenvalue weighted by Crippen LogP contribution is -2.08. The van der Waals surface area contributed by atoms with Crippen LogP contribution in [0.3, 0.4) is 0 Å². The van der Waals surface area contributed by atoms with E-state index in [1.807, 2.05) is 24.3 Å². The van der Waals surface area contributed by atoms with Gasteiger partial charge in [0.1, 0.15) is 6.04 Å². The number of rotatable bonds is 3. The second-order valence-corrected chi connectivity index (χ2v) is 5.53. The van der Waals surface area contributed by atoms with E-state index in [0.717, 1.165) is 15.7 Å².